The highest BCUT2D eigenvalue weighted by Gasteiger charge is 2.32. The second-order valence-corrected chi connectivity index (χ2v) is 13.1. The van der Waals surface area contributed by atoms with E-state index in [9.17, 15) is 32.3 Å². The van der Waals surface area contributed by atoms with Crippen molar-refractivity contribution >= 4 is 23.6 Å². The largest absolute Gasteiger partial charge is 0.480 e. The van der Waals surface area contributed by atoms with Crippen molar-refractivity contribution in [3.63, 3.8) is 0 Å². The van der Waals surface area contributed by atoms with Crippen LogP contribution in [0.4, 0.5) is 17.6 Å². The molecule has 3 aromatic carbocycles. The number of thioether (sulfide) groups is 1. The number of amidine groups is 1. The lowest BCUT2D eigenvalue weighted by molar-refractivity contribution is -0.138. The zero-order chi connectivity index (χ0) is 34.7. The molecule has 2 heterocycles. The fourth-order valence-electron chi connectivity index (χ4n) is 6.10. The maximum atomic E-state index is 13.5. The van der Waals surface area contributed by atoms with Gasteiger partial charge in [-0.15, -0.1) is 0 Å². The molecule has 4 aromatic rings. The topological polar surface area (TPSA) is 103 Å². The Bertz CT molecular complexity index is 1900. The number of halogens is 4. The summed E-state index contributed by atoms with van der Waals surface area (Å²) >= 11 is 1.40. The van der Waals surface area contributed by atoms with Gasteiger partial charge in [0, 0.05) is 23.6 Å². The predicted molar refractivity (Wildman–Crippen MR) is 178 cm³/mol. The SMILES string of the molecule is CN(CC(=O)O)CC1=NNC(Cn2c(SCc3ccc(F)cc3)nc(=O)c3c2CCC3)N1Cc1ccc(-c2ccc(C(F)(F)F)cc2)cc1. The molecule has 0 saturated carbocycles. The highest BCUT2D eigenvalue weighted by Crippen LogP contribution is 2.32. The van der Waals surface area contributed by atoms with E-state index in [-0.39, 0.29) is 30.6 Å². The zero-order valence-corrected chi connectivity index (χ0v) is 27.4. The summed E-state index contributed by atoms with van der Waals surface area (Å²) < 4.78 is 54.7. The lowest BCUT2D eigenvalue weighted by atomic mass is 10.0. The first-order valence-corrected chi connectivity index (χ1v) is 16.7. The van der Waals surface area contributed by atoms with Gasteiger partial charge in [-0.05, 0) is 72.8 Å². The summed E-state index contributed by atoms with van der Waals surface area (Å²) in [5.41, 5.74) is 7.14. The van der Waals surface area contributed by atoms with Gasteiger partial charge in [-0.2, -0.15) is 23.3 Å². The average Bonchev–Trinajstić information content (AvgIpc) is 3.70. The second-order valence-electron chi connectivity index (χ2n) is 12.1. The third-order valence-electron chi connectivity index (χ3n) is 8.56. The normalized spacial score (nSPS) is 15.8. The summed E-state index contributed by atoms with van der Waals surface area (Å²) in [4.78, 5) is 32.6. The first kappa shape index (κ1) is 34.2. The van der Waals surface area contributed by atoms with Crippen molar-refractivity contribution in [3.8, 4) is 11.1 Å². The number of hydrogen-bond acceptors (Lipinski definition) is 8. The third-order valence-corrected chi connectivity index (χ3v) is 9.60. The van der Waals surface area contributed by atoms with Crippen LogP contribution in [0.25, 0.3) is 11.1 Å². The monoisotopic (exact) mass is 694 g/mol. The van der Waals surface area contributed by atoms with Crippen LogP contribution in [0.3, 0.4) is 0 Å². The van der Waals surface area contributed by atoms with E-state index in [0.717, 1.165) is 47.4 Å². The number of alkyl halides is 3. The highest BCUT2D eigenvalue weighted by atomic mass is 32.2. The van der Waals surface area contributed by atoms with Crippen molar-refractivity contribution in [1.82, 2.24) is 24.8 Å². The van der Waals surface area contributed by atoms with Crippen molar-refractivity contribution < 1.29 is 27.5 Å². The molecule has 1 aromatic heterocycles. The molecular weight excluding hydrogens is 660 g/mol. The summed E-state index contributed by atoms with van der Waals surface area (Å²) in [7, 11) is 1.70. The fourth-order valence-corrected chi connectivity index (χ4v) is 7.07. The molecule has 0 spiro atoms. The Morgan fingerprint density at radius 2 is 1.65 bits per heavy atom. The van der Waals surface area contributed by atoms with Crippen LogP contribution in [0, 0.1) is 5.82 Å². The van der Waals surface area contributed by atoms with Gasteiger partial charge in [-0.25, -0.2) is 4.39 Å². The summed E-state index contributed by atoms with van der Waals surface area (Å²) in [6.07, 6.45) is -2.56. The zero-order valence-electron chi connectivity index (χ0n) is 26.6. The smallest absolute Gasteiger partial charge is 0.416 e. The number of aliphatic carboxylic acids is 1. The van der Waals surface area contributed by atoms with Crippen LogP contribution in [-0.4, -0.2) is 62.6 Å². The molecule has 1 aliphatic heterocycles. The van der Waals surface area contributed by atoms with E-state index in [1.165, 1.54) is 36.0 Å². The number of hydrogen-bond donors (Lipinski definition) is 2. The maximum Gasteiger partial charge on any atom is 0.416 e. The minimum absolute atomic E-state index is 0.180. The number of carboxylic acid groups (broad SMARTS) is 1. The molecule has 256 valence electrons. The number of nitrogens with one attached hydrogen (secondary N) is 1. The molecule has 0 amide bonds. The molecule has 0 radical (unpaired) electrons. The molecule has 9 nitrogen and oxygen atoms in total. The number of hydrazone groups is 1. The van der Waals surface area contributed by atoms with Gasteiger partial charge in [-0.1, -0.05) is 60.3 Å². The third kappa shape index (κ3) is 8.14. The number of carbonyl (C=O) groups is 1. The van der Waals surface area contributed by atoms with Gasteiger partial charge in [0.05, 0.1) is 25.2 Å². The van der Waals surface area contributed by atoms with Crippen LogP contribution >= 0.6 is 11.8 Å². The maximum absolute atomic E-state index is 13.5. The fraction of sp³-hybridized carbons (Fsp3) is 0.314. The van der Waals surface area contributed by atoms with Crippen molar-refractivity contribution in [2.75, 3.05) is 20.1 Å². The Morgan fingerprint density at radius 1 is 1.00 bits per heavy atom. The first-order chi connectivity index (χ1) is 23.4. The standard InChI is InChI=1S/C35H34F4N6O3S/c1-43(20-32(46)47)18-30-41-42-31(45(30)17-22-5-9-24(10-6-22)25-11-13-26(14-12-25)35(37,38)39)19-44-29-4-2-3-28(29)33(48)40-34(44)49-21-23-7-15-27(36)16-8-23/h5-16,31,42H,2-4,17-21H2,1H3,(H,46,47). The van der Waals surface area contributed by atoms with E-state index in [0.29, 0.717) is 47.4 Å². The highest BCUT2D eigenvalue weighted by molar-refractivity contribution is 7.98. The molecule has 0 fully saturated rings. The Kier molecular flexibility index (Phi) is 10.1. The van der Waals surface area contributed by atoms with E-state index in [1.54, 1.807) is 24.1 Å². The van der Waals surface area contributed by atoms with Crippen molar-refractivity contribution in [2.45, 2.75) is 55.6 Å². The molecule has 2 aliphatic rings. The Balaban J connectivity index is 1.26. The van der Waals surface area contributed by atoms with Crippen molar-refractivity contribution in [3.05, 3.63) is 117 Å². The van der Waals surface area contributed by atoms with Gasteiger partial charge in [-0.3, -0.25) is 19.9 Å². The van der Waals surface area contributed by atoms with Crippen LogP contribution in [0.1, 0.15) is 34.4 Å². The quantitative estimate of drug-likeness (QED) is 0.112. The lowest BCUT2D eigenvalue weighted by Gasteiger charge is -2.30. The Morgan fingerprint density at radius 3 is 2.31 bits per heavy atom. The Hall–Kier alpha value is -4.69. The number of rotatable bonds is 12. The second kappa shape index (κ2) is 14.4. The van der Waals surface area contributed by atoms with Crippen LogP contribution < -0.4 is 11.0 Å². The number of aromatic nitrogens is 2. The van der Waals surface area contributed by atoms with Gasteiger partial charge in [0.1, 0.15) is 17.8 Å². The molecule has 6 rings (SSSR count). The molecule has 1 unspecified atom stereocenters. The molecule has 2 N–H and O–H groups in total. The van der Waals surface area contributed by atoms with E-state index < -0.39 is 17.7 Å². The minimum atomic E-state index is -4.41. The summed E-state index contributed by atoms with van der Waals surface area (Å²) in [5.74, 6) is -0.173. The number of likely N-dealkylation sites (N-methyl/N-ethyl adjacent to an activating group) is 1. The number of carboxylic acids is 1. The van der Waals surface area contributed by atoms with Crippen molar-refractivity contribution in [2.24, 2.45) is 5.10 Å². The Labute approximate surface area is 284 Å². The molecule has 0 bridgehead atoms. The number of benzene rings is 3. The number of nitrogens with zero attached hydrogens (tertiary/aromatic N) is 5. The summed E-state index contributed by atoms with van der Waals surface area (Å²) in [6, 6.07) is 18.7. The first-order valence-electron chi connectivity index (χ1n) is 15.7. The number of fused-ring (bicyclic) bond motifs is 1. The van der Waals surface area contributed by atoms with Gasteiger partial charge in [0.15, 0.2) is 5.16 Å². The molecule has 49 heavy (non-hydrogen) atoms. The van der Waals surface area contributed by atoms with E-state index >= 15 is 0 Å². The van der Waals surface area contributed by atoms with Crippen LogP contribution in [0.15, 0.2) is 87.8 Å². The van der Waals surface area contributed by atoms with Crippen molar-refractivity contribution in [1.29, 1.82) is 0 Å². The van der Waals surface area contributed by atoms with Crippen LogP contribution in [-0.2, 0) is 42.7 Å². The average molecular weight is 695 g/mol. The van der Waals surface area contributed by atoms with Gasteiger partial charge in [0.25, 0.3) is 5.56 Å². The minimum Gasteiger partial charge on any atom is -0.480 e. The molecule has 14 heteroatoms. The predicted octanol–water partition coefficient (Wildman–Crippen LogP) is 5.61. The molecular formula is C35H34F4N6O3S. The van der Waals surface area contributed by atoms with Gasteiger partial charge >= 0.3 is 12.1 Å². The lowest BCUT2D eigenvalue weighted by Crippen LogP contribution is -2.46. The molecule has 1 atom stereocenters. The van der Waals surface area contributed by atoms with E-state index in [1.807, 2.05) is 24.3 Å². The summed E-state index contributed by atoms with van der Waals surface area (Å²) in [6.45, 7) is 0.867. The summed E-state index contributed by atoms with van der Waals surface area (Å²) in [5, 5.41) is 14.5. The van der Waals surface area contributed by atoms with Crippen LogP contribution in [0.2, 0.25) is 0 Å². The van der Waals surface area contributed by atoms with E-state index in [2.05, 4.69) is 25.0 Å². The van der Waals surface area contributed by atoms with Gasteiger partial charge < -0.3 is 14.6 Å². The van der Waals surface area contributed by atoms with Crippen LogP contribution in [0.5, 0.6) is 0 Å². The molecule has 0 saturated heterocycles. The van der Waals surface area contributed by atoms with E-state index in [4.69, 9.17) is 0 Å². The van der Waals surface area contributed by atoms with Gasteiger partial charge in [0.2, 0.25) is 0 Å². The molecule has 1 aliphatic carbocycles.